The number of amides is 5. The molecule has 1 aromatic heterocycles. The Morgan fingerprint density at radius 2 is 1.54 bits per heavy atom. The Labute approximate surface area is 393 Å². The van der Waals surface area contributed by atoms with Crippen molar-refractivity contribution in [2.24, 2.45) is 5.10 Å². The quantitative estimate of drug-likeness (QED) is 0.0303. The van der Waals surface area contributed by atoms with Gasteiger partial charge in [-0.25, -0.2) is 14.8 Å². The molecule has 5 amide bonds. The van der Waals surface area contributed by atoms with Crippen molar-refractivity contribution >= 4 is 55.5 Å². The second-order valence-electron chi connectivity index (χ2n) is 15.2. The first kappa shape index (κ1) is 57.9. The number of hydrogen-bond donors (Lipinski definition) is 2. The fraction of sp³-hybridized carbons (Fsp3) is 0.380. The van der Waals surface area contributed by atoms with Crippen LogP contribution in [0.3, 0.4) is 0 Å². The Kier molecular flexibility index (Phi) is 27.0. The number of aromatic nitrogens is 1. The van der Waals surface area contributed by atoms with Gasteiger partial charge in [0.05, 0.1) is 36.7 Å². The summed E-state index contributed by atoms with van der Waals surface area (Å²) in [4.78, 5) is 88.8. The molecule has 2 N–H and O–H groups in total. The molecule has 0 saturated carbocycles. The smallest absolute Gasteiger partial charge is 0.272 e. The standard InChI is InChI=1S/C44H50FN8O6.C4H10.2CH2O.Fm/c1-5-32-10-8-11-34(23-32)35-26-40(50(3)4)42(47-27-35)43(57)46-15-21-59-22-20-51(30-55)28-41(56)52-16-18-53(19-17-52)44(58)37-24-33(13-14-38(37)45)25-39(49-48-29-54)36-12-7-6-9-31(36)2;1-3-4-2;2*1-2;/h6-14,23-24,26-27,29H,5,15-22,25,28H2,1-4H3,(H,46,57)(H,48,54);3-4H2,1-2H3;2*1H2;/q-1;;;;/b49-39-;;;;. The molecule has 3 aromatic carbocycles. The van der Waals surface area contributed by atoms with Crippen LogP contribution in [0, 0.1) is 12.7 Å². The largest absolute Gasteiger partial charge is 0.520 e. The number of carbonyl (C=O) groups excluding carboxylic acids is 7. The van der Waals surface area contributed by atoms with Gasteiger partial charge in [-0.1, -0.05) is 88.2 Å². The number of hydrogen-bond acceptors (Lipinski definition) is 11. The molecule has 0 bridgehead atoms. The summed E-state index contributed by atoms with van der Waals surface area (Å²) in [5.41, 5.74) is 9.28. The number of benzene rings is 3. The molecule has 1 saturated heterocycles. The van der Waals surface area contributed by atoms with Gasteiger partial charge in [0.15, 0.2) is 5.69 Å². The van der Waals surface area contributed by atoms with Crippen LogP contribution in [-0.2, 0) is 41.6 Å². The van der Waals surface area contributed by atoms with Crippen molar-refractivity contribution in [1.29, 1.82) is 0 Å². The first-order valence-corrected chi connectivity index (χ1v) is 21.9. The van der Waals surface area contributed by atoms with E-state index in [1.54, 1.807) is 23.6 Å². The zero-order valence-electron chi connectivity index (χ0n) is 39.8. The van der Waals surface area contributed by atoms with Crippen molar-refractivity contribution in [1.82, 2.24) is 30.4 Å². The van der Waals surface area contributed by atoms with Crippen LogP contribution in [0.2, 0.25) is 0 Å². The van der Waals surface area contributed by atoms with Gasteiger partial charge in [0, 0.05) is 77.1 Å². The van der Waals surface area contributed by atoms with Crippen LogP contribution < -0.4 is 15.6 Å². The molecule has 0 atom stereocenters. The van der Waals surface area contributed by atoms with Crippen LogP contribution in [0.15, 0.2) is 84.1 Å². The van der Waals surface area contributed by atoms with Crippen molar-refractivity contribution < 1.29 is 42.7 Å². The number of pyridine rings is 1. The number of nitrogens with one attached hydrogen (secondary N) is 2. The second kappa shape index (κ2) is 31.7. The number of carbonyl (C=O) groups is 6. The topological polar surface area (TPSA) is 191 Å². The molecule has 1 aliphatic rings. The van der Waals surface area contributed by atoms with E-state index in [9.17, 15) is 24.0 Å². The third-order valence-corrected chi connectivity index (χ3v) is 10.5. The molecule has 1 fully saturated rings. The molecule has 372 valence electrons. The molecule has 0 unspecified atom stereocenters. The van der Waals surface area contributed by atoms with Crippen LogP contribution in [0.1, 0.15) is 76.7 Å². The summed E-state index contributed by atoms with van der Waals surface area (Å²) in [5, 5.41) is 7.02. The van der Waals surface area contributed by atoms with Gasteiger partial charge < -0.3 is 44.0 Å². The molecule has 0 radical (unpaired) electrons. The van der Waals surface area contributed by atoms with E-state index >= 15 is 4.39 Å². The Hall–Kier alpha value is -8.14. The molecule has 4 aromatic rings. The SMILES string of the molecule is C=O.C=O.CCCC.CCc1cccc(-c2cnc(C(=O)NCCOCCN([C-]=O)CC(=O)N3CCN(C(=O)c4cc(C/C(=N/NC=O)c5ccccc5C)ccc4F)CC3)c(N(C)C)c2)c1.[Fm]. The van der Waals surface area contributed by atoms with Gasteiger partial charge in [-0.15, -0.1) is 0 Å². The molecule has 2 heterocycles. The van der Waals surface area contributed by atoms with E-state index in [1.165, 1.54) is 40.3 Å². The summed E-state index contributed by atoms with van der Waals surface area (Å²) in [7, 11) is 3.71. The van der Waals surface area contributed by atoms with Crippen molar-refractivity contribution in [3.05, 3.63) is 118 Å². The van der Waals surface area contributed by atoms with Crippen LogP contribution in [0.25, 0.3) is 11.1 Å². The van der Waals surface area contributed by atoms with E-state index in [0.29, 0.717) is 23.4 Å². The van der Waals surface area contributed by atoms with Crippen molar-refractivity contribution in [2.45, 2.75) is 53.4 Å². The minimum Gasteiger partial charge on any atom is -0.520 e. The van der Waals surface area contributed by atoms with Crippen molar-refractivity contribution in [2.75, 3.05) is 78.0 Å². The third kappa shape index (κ3) is 17.7. The zero-order valence-corrected chi connectivity index (χ0v) is 42.2. The number of piperazine rings is 1. The summed E-state index contributed by atoms with van der Waals surface area (Å²) in [6, 6.07) is 22.0. The van der Waals surface area contributed by atoms with E-state index in [2.05, 4.69) is 53.7 Å². The van der Waals surface area contributed by atoms with Crippen LogP contribution in [0.4, 0.5) is 10.1 Å². The summed E-state index contributed by atoms with van der Waals surface area (Å²) in [5.74, 6) is -1.84. The van der Waals surface area contributed by atoms with Gasteiger partial charge >= 0.3 is 0 Å². The number of nitrogens with zero attached hydrogens (tertiary/aromatic N) is 6. The fourth-order valence-corrected chi connectivity index (χ4v) is 6.68. The predicted octanol–water partition coefficient (Wildman–Crippen LogP) is 5.05. The van der Waals surface area contributed by atoms with Gasteiger partial charge in [0.1, 0.15) is 19.4 Å². The minimum atomic E-state index is -0.672. The molecule has 16 nitrogen and oxygen atoms in total. The maximum Gasteiger partial charge on any atom is 0.272 e. The molecule has 18 heteroatoms. The van der Waals surface area contributed by atoms with E-state index in [1.807, 2.05) is 82.0 Å². The number of halogens is 1. The number of anilines is 1. The average Bonchev–Trinajstić information content (AvgIpc) is 3.37. The summed E-state index contributed by atoms with van der Waals surface area (Å²) >= 11 is 0. The first-order chi connectivity index (χ1) is 32.4. The van der Waals surface area contributed by atoms with E-state index in [0.717, 1.165) is 28.7 Å². The molecule has 0 aliphatic carbocycles. The molecule has 68 heavy (non-hydrogen) atoms. The maximum atomic E-state index is 15.0. The molecule has 0 spiro atoms. The summed E-state index contributed by atoms with van der Waals surface area (Å²) in [6.45, 7) is 13.5. The molecule has 1 aliphatic heterocycles. The van der Waals surface area contributed by atoms with Gasteiger partial charge in [-0.2, -0.15) is 11.5 Å². The van der Waals surface area contributed by atoms with Gasteiger partial charge in [-0.05, 0) is 53.8 Å². The Morgan fingerprint density at radius 3 is 2.16 bits per heavy atom. The second-order valence-corrected chi connectivity index (χ2v) is 15.2. The number of ether oxygens (including phenoxy) is 1. The van der Waals surface area contributed by atoms with E-state index < -0.39 is 11.7 Å². The Bertz CT molecular complexity index is 2240. The van der Waals surface area contributed by atoms with Crippen molar-refractivity contribution in [3.63, 3.8) is 0 Å². The van der Waals surface area contributed by atoms with E-state index in [4.69, 9.17) is 14.3 Å². The summed E-state index contributed by atoms with van der Waals surface area (Å²) in [6.07, 6.45) is 7.72. The van der Waals surface area contributed by atoms with Gasteiger partial charge in [-0.3, -0.25) is 19.2 Å². The summed E-state index contributed by atoms with van der Waals surface area (Å²) < 4.78 is 20.6. The van der Waals surface area contributed by atoms with Crippen molar-refractivity contribution in [3.8, 4) is 11.1 Å². The number of unbranched alkanes of at least 4 members (excludes halogenated alkanes) is 1. The third-order valence-electron chi connectivity index (χ3n) is 10.5. The normalized spacial score (nSPS) is 11.7. The predicted molar refractivity (Wildman–Crippen MR) is 258 cm³/mol. The Balaban J connectivity index is 0.00000241. The van der Waals surface area contributed by atoms with Gasteiger partial charge in [0.2, 0.25) is 12.3 Å². The number of rotatable bonds is 20. The number of hydrazone groups is 1. The Morgan fingerprint density at radius 1 is 0.868 bits per heavy atom. The molecule has 5 rings (SSSR count). The molecular formula is C50H64FFmN8O8-. The van der Waals surface area contributed by atoms with Crippen LogP contribution >= 0.6 is 0 Å². The van der Waals surface area contributed by atoms with E-state index in [-0.39, 0.29) is 88.5 Å². The van der Waals surface area contributed by atoms with Crippen LogP contribution in [-0.4, -0.2) is 143 Å². The number of aryl methyl sites for hydroxylation is 2. The fourth-order valence-electron chi connectivity index (χ4n) is 6.68. The molecular weight excluding hydrogens is 1120 g/mol. The zero-order chi connectivity index (χ0) is 49.7. The maximum absolute atomic E-state index is 15.0. The van der Waals surface area contributed by atoms with Gasteiger partial charge in [0.25, 0.3) is 11.8 Å². The monoisotopic (exact) mass is 1180 g/mol. The average molecular weight is 1180 g/mol. The minimum absolute atomic E-state index is 0. The van der Waals surface area contributed by atoms with Crippen LogP contribution in [0.5, 0.6) is 0 Å². The first-order valence-electron chi connectivity index (χ1n) is 21.9.